The van der Waals surface area contributed by atoms with Crippen LogP contribution in [-0.2, 0) is 4.79 Å². The number of aryl methyl sites for hydroxylation is 1. The maximum atomic E-state index is 10.9. The predicted octanol–water partition coefficient (Wildman–Crippen LogP) is 2.10. The second-order valence-corrected chi connectivity index (χ2v) is 5.74. The van der Waals surface area contributed by atoms with Crippen LogP contribution in [0.25, 0.3) is 0 Å². The summed E-state index contributed by atoms with van der Waals surface area (Å²) in [6.07, 6.45) is 2.11. The number of rotatable bonds is 3. The van der Waals surface area contributed by atoms with Crippen molar-refractivity contribution < 1.29 is 4.79 Å². The van der Waals surface area contributed by atoms with Gasteiger partial charge in [-0.2, -0.15) is 0 Å². The third kappa shape index (κ3) is 3.60. The number of amides is 1. The van der Waals surface area contributed by atoms with Crippen LogP contribution < -0.4 is 10.2 Å². The molecule has 0 aromatic carbocycles. The van der Waals surface area contributed by atoms with Crippen LogP contribution in [0.4, 0.5) is 5.82 Å². The van der Waals surface area contributed by atoms with E-state index in [4.69, 9.17) is 11.6 Å². The molecule has 1 N–H and O–H groups in total. The van der Waals surface area contributed by atoms with E-state index < -0.39 is 0 Å². The highest BCUT2D eigenvalue weighted by atomic mass is 35.5. The number of nitrogens with one attached hydrogen (secondary N) is 1. The molecule has 1 aliphatic heterocycles. The standard InChI is InChI=1S/C14H21ClN4O/c1-9-13(15)17-10(2)18-14(9)19-6-4-12(5-7-19)8-16-11(3)20/h12H,4-8H2,1-3H3,(H,16,20). The fourth-order valence-corrected chi connectivity index (χ4v) is 2.73. The zero-order valence-corrected chi connectivity index (χ0v) is 13.0. The first-order valence-electron chi connectivity index (χ1n) is 6.97. The summed E-state index contributed by atoms with van der Waals surface area (Å²) < 4.78 is 0. The molecule has 0 unspecified atom stereocenters. The first-order chi connectivity index (χ1) is 9.47. The highest BCUT2D eigenvalue weighted by molar-refractivity contribution is 6.30. The molecule has 110 valence electrons. The molecule has 20 heavy (non-hydrogen) atoms. The van der Waals surface area contributed by atoms with Crippen LogP contribution in [0, 0.1) is 19.8 Å². The topological polar surface area (TPSA) is 58.1 Å². The van der Waals surface area contributed by atoms with Gasteiger partial charge in [0.25, 0.3) is 0 Å². The first kappa shape index (κ1) is 15.0. The number of hydrogen-bond acceptors (Lipinski definition) is 4. The van der Waals surface area contributed by atoms with Crippen molar-refractivity contribution in [2.24, 2.45) is 5.92 Å². The normalized spacial score (nSPS) is 16.3. The second-order valence-electron chi connectivity index (χ2n) is 5.38. The van der Waals surface area contributed by atoms with Crippen LogP contribution in [-0.4, -0.2) is 35.5 Å². The Kier molecular flexibility index (Phi) is 4.81. The molecule has 0 spiro atoms. The van der Waals surface area contributed by atoms with Gasteiger partial charge in [-0.1, -0.05) is 11.6 Å². The molecule has 2 heterocycles. The lowest BCUT2D eigenvalue weighted by molar-refractivity contribution is -0.119. The van der Waals surface area contributed by atoms with E-state index in [1.54, 1.807) is 6.92 Å². The molecule has 0 saturated carbocycles. The number of carbonyl (C=O) groups excluding carboxylic acids is 1. The third-order valence-corrected chi connectivity index (χ3v) is 4.09. The summed E-state index contributed by atoms with van der Waals surface area (Å²) >= 11 is 6.13. The molecular weight excluding hydrogens is 276 g/mol. The third-order valence-electron chi connectivity index (χ3n) is 3.73. The fourth-order valence-electron chi connectivity index (χ4n) is 2.53. The number of aromatic nitrogens is 2. The minimum absolute atomic E-state index is 0.0430. The summed E-state index contributed by atoms with van der Waals surface area (Å²) in [5.74, 6) is 2.24. The molecule has 1 aliphatic rings. The van der Waals surface area contributed by atoms with E-state index >= 15 is 0 Å². The lowest BCUT2D eigenvalue weighted by Gasteiger charge is -2.33. The van der Waals surface area contributed by atoms with Gasteiger partial charge >= 0.3 is 0 Å². The van der Waals surface area contributed by atoms with Crippen molar-refractivity contribution in [2.45, 2.75) is 33.6 Å². The van der Waals surface area contributed by atoms with Gasteiger partial charge in [0, 0.05) is 32.1 Å². The van der Waals surface area contributed by atoms with Crippen molar-refractivity contribution in [1.29, 1.82) is 0 Å². The van der Waals surface area contributed by atoms with E-state index in [2.05, 4.69) is 20.2 Å². The van der Waals surface area contributed by atoms with Gasteiger partial charge in [0.2, 0.25) is 5.91 Å². The van der Waals surface area contributed by atoms with Crippen molar-refractivity contribution in [1.82, 2.24) is 15.3 Å². The lowest BCUT2D eigenvalue weighted by Crippen LogP contribution is -2.39. The van der Waals surface area contributed by atoms with Gasteiger partial charge < -0.3 is 10.2 Å². The quantitative estimate of drug-likeness (QED) is 0.868. The zero-order chi connectivity index (χ0) is 14.7. The lowest BCUT2D eigenvalue weighted by atomic mass is 9.96. The number of nitrogens with zero attached hydrogens (tertiary/aromatic N) is 3. The molecule has 5 nitrogen and oxygen atoms in total. The van der Waals surface area contributed by atoms with Crippen molar-refractivity contribution >= 4 is 23.3 Å². The summed E-state index contributed by atoms with van der Waals surface area (Å²) in [6, 6.07) is 0. The van der Waals surface area contributed by atoms with Gasteiger partial charge in [-0.3, -0.25) is 4.79 Å². The molecule has 6 heteroatoms. The van der Waals surface area contributed by atoms with Crippen molar-refractivity contribution in [3.05, 3.63) is 16.5 Å². The van der Waals surface area contributed by atoms with Crippen LogP contribution in [0.1, 0.15) is 31.2 Å². The summed E-state index contributed by atoms with van der Waals surface area (Å²) in [6.45, 7) is 8.03. The minimum Gasteiger partial charge on any atom is -0.356 e. The molecule has 2 rings (SSSR count). The van der Waals surface area contributed by atoms with Crippen molar-refractivity contribution in [3.8, 4) is 0 Å². The van der Waals surface area contributed by atoms with E-state index in [0.717, 1.165) is 43.9 Å². The second kappa shape index (κ2) is 6.39. The van der Waals surface area contributed by atoms with E-state index in [1.807, 2.05) is 13.8 Å². The molecule has 1 saturated heterocycles. The number of halogens is 1. The number of anilines is 1. The maximum absolute atomic E-state index is 10.9. The first-order valence-corrected chi connectivity index (χ1v) is 7.35. The molecular formula is C14H21ClN4O. The van der Waals surface area contributed by atoms with E-state index in [-0.39, 0.29) is 5.91 Å². The zero-order valence-electron chi connectivity index (χ0n) is 12.2. The summed E-state index contributed by atoms with van der Waals surface area (Å²) in [4.78, 5) is 21.9. The Bertz CT molecular complexity index is 498. The average molecular weight is 297 g/mol. The van der Waals surface area contributed by atoms with Crippen molar-refractivity contribution in [3.63, 3.8) is 0 Å². The van der Waals surface area contributed by atoms with Crippen LogP contribution >= 0.6 is 11.6 Å². The largest absolute Gasteiger partial charge is 0.356 e. The van der Waals surface area contributed by atoms with Gasteiger partial charge in [0.1, 0.15) is 16.8 Å². The molecule has 0 atom stereocenters. The molecule has 0 aliphatic carbocycles. The highest BCUT2D eigenvalue weighted by Crippen LogP contribution is 2.27. The van der Waals surface area contributed by atoms with Gasteiger partial charge in [0.15, 0.2) is 0 Å². The van der Waals surface area contributed by atoms with Gasteiger partial charge in [0.05, 0.1) is 0 Å². The van der Waals surface area contributed by atoms with Gasteiger partial charge in [-0.15, -0.1) is 0 Å². The van der Waals surface area contributed by atoms with Crippen molar-refractivity contribution in [2.75, 3.05) is 24.5 Å². The summed E-state index contributed by atoms with van der Waals surface area (Å²) in [7, 11) is 0. The van der Waals surface area contributed by atoms with Crippen LogP contribution in [0.3, 0.4) is 0 Å². The Labute approximate surface area is 124 Å². The molecule has 1 fully saturated rings. The van der Waals surface area contributed by atoms with Gasteiger partial charge in [-0.25, -0.2) is 9.97 Å². The Morgan fingerprint density at radius 1 is 1.35 bits per heavy atom. The fraction of sp³-hybridized carbons (Fsp3) is 0.643. The Morgan fingerprint density at radius 2 is 2.00 bits per heavy atom. The van der Waals surface area contributed by atoms with E-state index in [9.17, 15) is 4.79 Å². The predicted molar refractivity (Wildman–Crippen MR) is 80.1 cm³/mol. The van der Waals surface area contributed by atoms with E-state index in [1.165, 1.54) is 0 Å². The SMILES string of the molecule is CC(=O)NCC1CCN(c2nc(C)nc(Cl)c2C)CC1. The van der Waals surface area contributed by atoms with Crippen LogP contribution in [0.2, 0.25) is 5.15 Å². The molecule has 0 radical (unpaired) electrons. The Hall–Kier alpha value is -1.36. The highest BCUT2D eigenvalue weighted by Gasteiger charge is 2.22. The summed E-state index contributed by atoms with van der Waals surface area (Å²) in [5, 5.41) is 3.43. The monoisotopic (exact) mass is 296 g/mol. The number of carbonyl (C=O) groups is 1. The number of hydrogen-bond donors (Lipinski definition) is 1. The maximum Gasteiger partial charge on any atom is 0.216 e. The van der Waals surface area contributed by atoms with Gasteiger partial charge in [-0.05, 0) is 32.6 Å². The average Bonchev–Trinajstić information content (AvgIpc) is 2.41. The number of piperidine rings is 1. The molecule has 1 aromatic heterocycles. The smallest absolute Gasteiger partial charge is 0.216 e. The molecule has 0 bridgehead atoms. The molecule has 1 aromatic rings. The summed E-state index contributed by atoms with van der Waals surface area (Å²) in [5.41, 5.74) is 0.942. The molecule has 1 amide bonds. The van der Waals surface area contributed by atoms with Crippen LogP contribution in [0.5, 0.6) is 0 Å². The minimum atomic E-state index is 0.0430. The van der Waals surface area contributed by atoms with E-state index in [0.29, 0.717) is 16.9 Å². The Balaban J connectivity index is 1.99. The Morgan fingerprint density at radius 3 is 2.60 bits per heavy atom. The van der Waals surface area contributed by atoms with Crippen LogP contribution in [0.15, 0.2) is 0 Å².